The van der Waals surface area contributed by atoms with Crippen LogP contribution in [0.15, 0.2) is 199 Å². The Morgan fingerprint density at radius 2 is 0.948 bits per heavy atom. The van der Waals surface area contributed by atoms with Crippen LogP contribution in [0.4, 0.5) is 0 Å². The van der Waals surface area contributed by atoms with Crippen LogP contribution < -0.4 is 0 Å². The quantitative estimate of drug-likeness (QED) is 0.176. The van der Waals surface area contributed by atoms with Crippen LogP contribution in [0.2, 0.25) is 0 Å². The first-order chi connectivity index (χ1) is 28.7. The largest absolute Gasteiger partial charge is 0.456 e. The molecule has 9 aromatic carbocycles. The average molecular weight is 741 g/mol. The molecule has 12 rings (SSSR count). The molecule has 0 radical (unpaired) electrons. The Hall–Kier alpha value is -7.89. The molecule has 0 fully saturated rings. The molecule has 3 aromatic heterocycles. The summed E-state index contributed by atoms with van der Waals surface area (Å²) in [6.07, 6.45) is 0. The van der Waals surface area contributed by atoms with Crippen molar-refractivity contribution >= 4 is 65.3 Å². The highest BCUT2D eigenvalue weighted by Crippen LogP contribution is 2.42. The molecule has 0 N–H and O–H groups in total. The minimum atomic E-state index is 0.576. The first-order valence-electron chi connectivity index (χ1n) is 19.5. The topological polar surface area (TPSA) is 56.7 Å². The smallest absolute Gasteiger partial charge is 0.166 e. The van der Waals surface area contributed by atoms with Gasteiger partial charge in [0, 0.05) is 44.3 Å². The first-order valence-corrected chi connectivity index (χ1v) is 19.5. The van der Waals surface area contributed by atoms with Gasteiger partial charge < -0.3 is 8.98 Å². The number of para-hydroxylation sites is 2. The second kappa shape index (κ2) is 12.8. The molecule has 0 spiro atoms. The highest BCUT2D eigenvalue weighted by Gasteiger charge is 2.23. The van der Waals surface area contributed by atoms with Crippen molar-refractivity contribution in [2.75, 3.05) is 0 Å². The van der Waals surface area contributed by atoms with Crippen LogP contribution in [0.25, 0.3) is 116 Å². The molecule has 0 aliphatic heterocycles. The number of furan rings is 1. The van der Waals surface area contributed by atoms with Crippen molar-refractivity contribution in [3.63, 3.8) is 0 Å². The Balaban J connectivity index is 1.20. The second-order valence-corrected chi connectivity index (χ2v) is 14.8. The van der Waals surface area contributed by atoms with Gasteiger partial charge in [-0.3, -0.25) is 0 Å². The van der Waals surface area contributed by atoms with Crippen LogP contribution in [0, 0.1) is 0 Å². The van der Waals surface area contributed by atoms with Crippen molar-refractivity contribution in [1.82, 2.24) is 19.5 Å². The van der Waals surface area contributed by atoms with Gasteiger partial charge in [-0.15, -0.1) is 0 Å². The minimum absolute atomic E-state index is 0.576. The van der Waals surface area contributed by atoms with E-state index >= 15 is 0 Å². The maximum absolute atomic E-state index is 6.60. The van der Waals surface area contributed by atoms with E-state index in [-0.39, 0.29) is 0 Å². The predicted octanol–water partition coefficient (Wildman–Crippen LogP) is 13.8. The summed E-state index contributed by atoms with van der Waals surface area (Å²) in [6.45, 7) is 0. The minimum Gasteiger partial charge on any atom is -0.456 e. The molecule has 0 atom stereocenters. The van der Waals surface area contributed by atoms with Gasteiger partial charge in [0.15, 0.2) is 17.5 Å². The summed E-state index contributed by atoms with van der Waals surface area (Å²) in [5.41, 5.74) is 9.69. The maximum atomic E-state index is 6.60. The normalized spacial score (nSPS) is 11.8. The lowest BCUT2D eigenvalue weighted by molar-refractivity contribution is 0.668. The Labute approximate surface area is 333 Å². The zero-order chi connectivity index (χ0) is 38.2. The molecule has 270 valence electrons. The third kappa shape index (κ3) is 5.14. The SMILES string of the molecule is c1ccc(-c2cccc(-c3nc(-c4cc5c(cc4-n4c6ccccc6c6cc7ccccc7cc64)oc4ccccc45)nc(-c4cccc5ccccc45)n3)c2)cc1. The molecule has 58 heavy (non-hydrogen) atoms. The van der Waals surface area contributed by atoms with Crippen molar-refractivity contribution in [2.45, 2.75) is 0 Å². The van der Waals surface area contributed by atoms with E-state index in [1.54, 1.807) is 0 Å². The summed E-state index contributed by atoms with van der Waals surface area (Å²) in [5.74, 6) is 1.78. The fraction of sp³-hybridized carbons (Fsp3) is 0. The molecular weight excluding hydrogens is 709 g/mol. The number of hydrogen-bond acceptors (Lipinski definition) is 4. The second-order valence-electron chi connectivity index (χ2n) is 14.8. The predicted molar refractivity (Wildman–Crippen MR) is 238 cm³/mol. The van der Waals surface area contributed by atoms with E-state index in [2.05, 4.69) is 180 Å². The zero-order valence-electron chi connectivity index (χ0n) is 31.2. The van der Waals surface area contributed by atoms with E-state index < -0.39 is 0 Å². The van der Waals surface area contributed by atoms with Crippen LogP contribution in [0.1, 0.15) is 0 Å². The van der Waals surface area contributed by atoms with Gasteiger partial charge in [0.1, 0.15) is 11.2 Å². The number of benzene rings is 9. The lowest BCUT2D eigenvalue weighted by Gasteiger charge is -2.16. The third-order valence-corrected chi connectivity index (χ3v) is 11.4. The summed E-state index contributed by atoms with van der Waals surface area (Å²) >= 11 is 0. The van der Waals surface area contributed by atoms with E-state index in [1.807, 2.05) is 18.2 Å². The third-order valence-electron chi connectivity index (χ3n) is 11.4. The Bertz CT molecular complexity index is 3580. The highest BCUT2D eigenvalue weighted by molar-refractivity contribution is 6.15. The highest BCUT2D eigenvalue weighted by atomic mass is 16.3. The first kappa shape index (κ1) is 32.4. The number of aromatic nitrogens is 4. The molecule has 0 saturated carbocycles. The molecule has 0 amide bonds. The fourth-order valence-electron chi connectivity index (χ4n) is 8.67. The lowest BCUT2D eigenvalue weighted by atomic mass is 10.0. The summed E-state index contributed by atoms with van der Waals surface area (Å²) in [4.78, 5) is 16.1. The van der Waals surface area contributed by atoms with Gasteiger partial charge in [-0.05, 0) is 69.1 Å². The standard InChI is InChI=1S/C53H32N4O/c1-2-14-33(15-3-1)35-20-12-21-38(28-35)51-54-52(42-25-13-19-34-16-6-7-22-39(34)42)56-53(55-51)45-31-44-41-24-9-11-27-49(41)58-50(44)32-48(45)57-46-26-10-8-23-40(46)43-29-36-17-4-5-18-37(36)30-47(43)57/h1-32H. The van der Waals surface area contributed by atoms with Crippen molar-refractivity contribution in [2.24, 2.45) is 0 Å². The van der Waals surface area contributed by atoms with Crippen molar-refractivity contribution in [3.05, 3.63) is 194 Å². The Morgan fingerprint density at radius 3 is 1.81 bits per heavy atom. The summed E-state index contributed by atoms with van der Waals surface area (Å²) in [5, 5.41) is 8.96. The van der Waals surface area contributed by atoms with Crippen molar-refractivity contribution in [1.29, 1.82) is 0 Å². The van der Waals surface area contributed by atoms with Gasteiger partial charge in [-0.2, -0.15) is 0 Å². The van der Waals surface area contributed by atoms with E-state index in [0.717, 1.165) is 77.2 Å². The average Bonchev–Trinajstić information content (AvgIpc) is 3.82. The Morgan fingerprint density at radius 1 is 0.328 bits per heavy atom. The summed E-state index contributed by atoms with van der Waals surface area (Å²) in [6, 6.07) is 68.0. The van der Waals surface area contributed by atoms with Crippen LogP contribution in [0.5, 0.6) is 0 Å². The molecule has 5 heteroatoms. The number of fused-ring (bicyclic) bond motifs is 8. The molecule has 0 aliphatic rings. The molecule has 0 bridgehead atoms. The van der Waals surface area contributed by atoms with Crippen LogP contribution in [0.3, 0.4) is 0 Å². The molecular formula is C53H32N4O. The van der Waals surface area contributed by atoms with Crippen molar-refractivity contribution < 1.29 is 4.42 Å². The van der Waals surface area contributed by atoms with Gasteiger partial charge in [-0.25, -0.2) is 15.0 Å². The molecule has 3 heterocycles. The van der Waals surface area contributed by atoms with Crippen molar-refractivity contribution in [3.8, 4) is 51.0 Å². The molecule has 12 aromatic rings. The van der Waals surface area contributed by atoms with Crippen LogP contribution >= 0.6 is 0 Å². The summed E-state index contributed by atoms with van der Waals surface area (Å²) < 4.78 is 8.96. The molecule has 0 unspecified atom stereocenters. The summed E-state index contributed by atoms with van der Waals surface area (Å²) in [7, 11) is 0. The van der Waals surface area contributed by atoms with E-state index in [4.69, 9.17) is 19.4 Å². The maximum Gasteiger partial charge on any atom is 0.166 e. The van der Waals surface area contributed by atoms with Gasteiger partial charge in [0.05, 0.1) is 16.7 Å². The molecule has 0 saturated heterocycles. The number of nitrogens with zero attached hydrogens (tertiary/aromatic N) is 4. The van der Waals surface area contributed by atoms with Gasteiger partial charge in [0.2, 0.25) is 0 Å². The van der Waals surface area contributed by atoms with E-state index in [9.17, 15) is 0 Å². The monoisotopic (exact) mass is 740 g/mol. The fourth-order valence-corrected chi connectivity index (χ4v) is 8.67. The van der Waals surface area contributed by atoms with E-state index in [0.29, 0.717) is 17.5 Å². The molecule has 0 aliphatic carbocycles. The molecule has 5 nitrogen and oxygen atoms in total. The lowest BCUT2D eigenvalue weighted by Crippen LogP contribution is -2.04. The van der Waals surface area contributed by atoms with Crippen LogP contribution in [-0.2, 0) is 0 Å². The van der Waals surface area contributed by atoms with Gasteiger partial charge >= 0.3 is 0 Å². The van der Waals surface area contributed by atoms with Gasteiger partial charge in [-0.1, -0.05) is 152 Å². The van der Waals surface area contributed by atoms with E-state index in [1.165, 1.54) is 21.5 Å². The Kier molecular flexibility index (Phi) is 7.16. The van der Waals surface area contributed by atoms with Crippen LogP contribution in [-0.4, -0.2) is 19.5 Å². The zero-order valence-corrected chi connectivity index (χ0v) is 31.2. The number of hydrogen-bond donors (Lipinski definition) is 0. The van der Waals surface area contributed by atoms with Gasteiger partial charge in [0.25, 0.3) is 0 Å². The number of rotatable bonds is 5.